The second-order valence-corrected chi connectivity index (χ2v) is 2.74. The van der Waals surface area contributed by atoms with Crippen molar-refractivity contribution < 1.29 is 9.64 Å². The first kappa shape index (κ1) is 4.77. The fourth-order valence-electron chi connectivity index (χ4n) is 1.52. The van der Waals surface area contributed by atoms with Gasteiger partial charge in [-0.1, -0.05) is 0 Å². The normalized spacial score (nSPS) is 52.9. The molecule has 2 unspecified atom stereocenters. The predicted octanol–water partition coefficient (Wildman–Crippen LogP) is -1.17. The molecule has 2 heteroatoms. The Kier molecular flexibility index (Phi) is 0.866. The maximum absolute atomic E-state index is 5.24. The van der Waals surface area contributed by atoms with Crippen molar-refractivity contribution in [1.82, 2.24) is 0 Å². The fourth-order valence-corrected chi connectivity index (χ4v) is 1.52. The van der Waals surface area contributed by atoms with Crippen molar-refractivity contribution in [1.29, 1.82) is 0 Å². The monoisotopic (exact) mass is 113 g/mol. The highest BCUT2D eigenvalue weighted by Gasteiger charge is 2.40. The Morgan fingerprint density at radius 2 is 2.00 bits per heavy atom. The topological polar surface area (TPSA) is 13.7 Å². The van der Waals surface area contributed by atoms with Crippen LogP contribution in [0.4, 0.5) is 0 Å². The Hall–Kier alpha value is -0.0800. The zero-order valence-electron chi connectivity index (χ0n) is 4.89. The van der Waals surface area contributed by atoms with Crippen molar-refractivity contribution in [3.63, 3.8) is 0 Å². The lowest BCUT2D eigenvalue weighted by Gasteiger charge is -2.51. The smallest absolute Gasteiger partial charge is 0.0969 e. The fraction of sp³-hybridized carbons (Fsp3) is 0.833. The van der Waals surface area contributed by atoms with Crippen molar-refractivity contribution in [3.8, 4) is 0 Å². The highest BCUT2D eigenvalue weighted by atomic mass is 16.5. The molecule has 0 aliphatic carbocycles. The van der Waals surface area contributed by atoms with Gasteiger partial charge in [0, 0.05) is 0 Å². The van der Waals surface area contributed by atoms with Crippen LogP contribution in [0.3, 0.4) is 0 Å². The summed E-state index contributed by atoms with van der Waals surface area (Å²) in [6.45, 7) is 1.88. The lowest BCUT2D eigenvalue weighted by molar-refractivity contribution is -0.963. The Bertz CT molecular complexity index is 90.7. The van der Waals surface area contributed by atoms with Gasteiger partial charge in [-0.2, -0.15) is 7.05 Å². The summed E-state index contributed by atoms with van der Waals surface area (Å²) in [6.07, 6.45) is 1.35. The van der Waals surface area contributed by atoms with Gasteiger partial charge in [-0.25, -0.2) is 0 Å². The molecule has 46 valence electrons. The Morgan fingerprint density at radius 1 is 1.38 bits per heavy atom. The number of nitrogens with one attached hydrogen (secondary N) is 1. The average molecular weight is 113 g/mol. The second kappa shape index (κ2) is 1.45. The van der Waals surface area contributed by atoms with Gasteiger partial charge in [-0.3, -0.25) is 0 Å². The van der Waals surface area contributed by atoms with E-state index in [-0.39, 0.29) is 0 Å². The SMILES string of the molecule is [CH2-][NH+]1C2COCC1C2. The van der Waals surface area contributed by atoms with Crippen LogP contribution in [0, 0.1) is 7.05 Å². The summed E-state index contributed by atoms with van der Waals surface area (Å²) < 4.78 is 5.24. The number of hydrogen-bond donors (Lipinski definition) is 1. The molecule has 0 aromatic carbocycles. The quantitative estimate of drug-likeness (QED) is 0.391. The van der Waals surface area contributed by atoms with Crippen LogP contribution in [0.2, 0.25) is 0 Å². The molecule has 8 heavy (non-hydrogen) atoms. The molecule has 0 radical (unpaired) electrons. The lowest BCUT2D eigenvalue weighted by atomic mass is 9.93. The van der Waals surface area contributed by atoms with Crippen molar-refractivity contribution in [2.45, 2.75) is 18.5 Å². The molecule has 3 aliphatic heterocycles. The molecular weight excluding hydrogens is 102 g/mol. The van der Waals surface area contributed by atoms with Crippen LogP contribution in [0.15, 0.2) is 0 Å². The summed E-state index contributed by atoms with van der Waals surface area (Å²) in [5, 5.41) is 0. The summed E-state index contributed by atoms with van der Waals surface area (Å²) >= 11 is 0. The van der Waals surface area contributed by atoms with Crippen molar-refractivity contribution in [2.75, 3.05) is 13.2 Å². The van der Waals surface area contributed by atoms with Gasteiger partial charge in [0.25, 0.3) is 0 Å². The Balaban J connectivity index is 2.03. The summed E-state index contributed by atoms with van der Waals surface area (Å²) in [7, 11) is 3.96. The maximum atomic E-state index is 5.24. The van der Waals surface area contributed by atoms with E-state index < -0.39 is 0 Å². The van der Waals surface area contributed by atoms with Crippen molar-refractivity contribution in [3.05, 3.63) is 7.05 Å². The molecule has 1 N–H and O–H groups in total. The zero-order chi connectivity index (χ0) is 5.56. The largest absolute Gasteiger partial charge is 0.459 e. The molecule has 3 aliphatic rings. The van der Waals surface area contributed by atoms with Crippen LogP contribution in [0.1, 0.15) is 6.42 Å². The minimum absolute atomic E-state index is 0.730. The van der Waals surface area contributed by atoms with E-state index >= 15 is 0 Å². The summed E-state index contributed by atoms with van der Waals surface area (Å²) in [4.78, 5) is 1.44. The molecule has 2 atom stereocenters. The van der Waals surface area contributed by atoms with E-state index in [1.807, 2.05) is 0 Å². The predicted molar refractivity (Wildman–Crippen MR) is 29.3 cm³/mol. The third-order valence-electron chi connectivity index (χ3n) is 2.26. The van der Waals surface area contributed by atoms with E-state index in [1.165, 1.54) is 11.3 Å². The Morgan fingerprint density at radius 3 is 2.25 bits per heavy atom. The molecule has 3 fully saturated rings. The molecule has 0 amide bonds. The van der Waals surface area contributed by atoms with E-state index in [0.717, 1.165) is 25.3 Å². The number of ether oxygens (including phenoxy) is 1. The number of morpholine rings is 1. The second-order valence-electron chi connectivity index (χ2n) is 2.74. The van der Waals surface area contributed by atoms with Crippen molar-refractivity contribution >= 4 is 0 Å². The number of hydrogen-bond acceptors (Lipinski definition) is 1. The average Bonchev–Trinajstić information content (AvgIpc) is 1.89. The third kappa shape index (κ3) is 0.446. The van der Waals surface area contributed by atoms with Gasteiger partial charge in [0.05, 0.1) is 31.7 Å². The summed E-state index contributed by atoms with van der Waals surface area (Å²) in [6, 6.07) is 1.46. The molecule has 0 spiro atoms. The molecule has 2 nitrogen and oxygen atoms in total. The molecule has 2 bridgehead atoms. The van der Waals surface area contributed by atoms with Crippen LogP contribution >= 0.6 is 0 Å². The number of quaternary nitrogens is 1. The first-order chi connectivity index (χ1) is 3.88. The van der Waals surface area contributed by atoms with Gasteiger partial charge in [0.2, 0.25) is 0 Å². The standard InChI is InChI=1S/C6H11NO/c1-7-5-2-6(7)4-8-3-5/h5-7H,1-4H2. The van der Waals surface area contributed by atoms with Gasteiger partial charge >= 0.3 is 0 Å². The van der Waals surface area contributed by atoms with Gasteiger partial charge in [0.1, 0.15) is 0 Å². The number of fused-ring (bicyclic) bond motifs is 2. The lowest BCUT2D eigenvalue weighted by Crippen LogP contribution is -3.24. The van der Waals surface area contributed by atoms with Crippen LogP contribution in [0.5, 0.6) is 0 Å². The van der Waals surface area contributed by atoms with Crippen LogP contribution in [0.25, 0.3) is 0 Å². The van der Waals surface area contributed by atoms with Crippen LogP contribution in [-0.4, -0.2) is 25.3 Å². The molecule has 3 rings (SSSR count). The third-order valence-corrected chi connectivity index (χ3v) is 2.26. The minimum Gasteiger partial charge on any atom is -0.459 e. The maximum Gasteiger partial charge on any atom is 0.0969 e. The van der Waals surface area contributed by atoms with E-state index in [0.29, 0.717) is 0 Å². The van der Waals surface area contributed by atoms with Gasteiger partial charge < -0.3 is 9.64 Å². The van der Waals surface area contributed by atoms with Crippen LogP contribution < -0.4 is 4.90 Å². The minimum atomic E-state index is 0.730. The van der Waals surface area contributed by atoms with Crippen LogP contribution in [-0.2, 0) is 4.74 Å². The van der Waals surface area contributed by atoms with Gasteiger partial charge in [-0.15, -0.1) is 0 Å². The molecule has 0 aromatic rings. The molecule has 0 aromatic heterocycles. The van der Waals surface area contributed by atoms with E-state index in [4.69, 9.17) is 4.74 Å². The summed E-state index contributed by atoms with van der Waals surface area (Å²) in [5.41, 5.74) is 0. The highest BCUT2D eigenvalue weighted by Crippen LogP contribution is 2.11. The van der Waals surface area contributed by atoms with E-state index in [1.54, 1.807) is 0 Å². The highest BCUT2D eigenvalue weighted by molar-refractivity contribution is 4.78. The molecule has 0 saturated carbocycles. The van der Waals surface area contributed by atoms with Crippen molar-refractivity contribution in [2.24, 2.45) is 0 Å². The molecule has 3 heterocycles. The molecular formula is C6H11NO. The number of rotatable bonds is 0. The zero-order valence-corrected chi connectivity index (χ0v) is 4.89. The first-order valence-corrected chi connectivity index (χ1v) is 3.14. The first-order valence-electron chi connectivity index (χ1n) is 3.14. The van der Waals surface area contributed by atoms with Gasteiger partial charge in [0.15, 0.2) is 0 Å². The Labute approximate surface area is 49.4 Å². The molecule has 3 saturated heterocycles. The van der Waals surface area contributed by atoms with Gasteiger partial charge in [-0.05, 0) is 0 Å². The van der Waals surface area contributed by atoms with E-state index in [9.17, 15) is 0 Å². The van der Waals surface area contributed by atoms with E-state index in [2.05, 4.69) is 7.05 Å². The summed E-state index contributed by atoms with van der Waals surface area (Å²) in [5.74, 6) is 0.